The maximum absolute atomic E-state index is 12.0. The Morgan fingerprint density at radius 2 is 2.04 bits per heavy atom. The van der Waals surface area contributed by atoms with Crippen LogP contribution in [0.2, 0.25) is 0 Å². The van der Waals surface area contributed by atoms with Crippen molar-refractivity contribution in [3.05, 3.63) is 0 Å². The number of carbonyl (C=O) groups is 1. The van der Waals surface area contributed by atoms with Crippen molar-refractivity contribution in [1.82, 2.24) is 20.9 Å². The number of rotatable bonds is 9. The zero-order valence-electron chi connectivity index (χ0n) is 18.9. The minimum Gasteiger partial charge on any atom is -0.444 e. The van der Waals surface area contributed by atoms with E-state index in [4.69, 9.17) is 9.73 Å². The molecule has 0 radical (unpaired) electrons. The van der Waals surface area contributed by atoms with Gasteiger partial charge in [-0.1, -0.05) is 19.8 Å². The maximum Gasteiger partial charge on any atom is 0.407 e. The normalized spacial score (nSPS) is 19.8. The van der Waals surface area contributed by atoms with E-state index in [1.807, 2.05) is 20.8 Å². The monoisotopic (exact) mass is 397 g/mol. The van der Waals surface area contributed by atoms with E-state index in [0.29, 0.717) is 12.5 Å². The van der Waals surface area contributed by atoms with Crippen LogP contribution in [-0.4, -0.2) is 68.4 Å². The number of nitrogens with zero attached hydrogens (tertiary/aromatic N) is 2. The summed E-state index contributed by atoms with van der Waals surface area (Å²) in [5, 5.41) is 9.76. The second kappa shape index (κ2) is 12.9. The lowest BCUT2D eigenvalue weighted by Crippen LogP contribution is -2.49. The van der Waals surface area contributed by atoms with Gasteiger partial charge < -0.3 is 25.6 Å². The number of carbonyl (C=O) groups excluding carboxylic acids is 1. The summed E-state index contributed by atoms with van der Waals surface area (Å²) in [6, 6.07) is 0.124. The van der Waals surface area contributed by atoms with E-state index in [-0.39, 0.29) is 12.1 Å². The lowest BCUT2D eigenvalue weighted by atomic mass is 9.99. The molecule has 1 rings (SSSR count). The van der Waals surface area contributed by atoms with Crippen molar-refractivity contribution < 1.29 is 9.53 Å². The highest BCUT2D eigenvalue weighted by Crippen LogP contribution is 2.15. The molecule has 1 heterocycles. The Bertz CT molecular complexity index is 476. The fraction of sp³-hybridized carbons (Fsp3) is 0.905. The standard InChI is InChI=1S/C21H43N5O2/c1-7-9-12-18(15-24-20(27)28-21(3,4)5)25-19(22-8-2)23-14-17-11-10-13-26(6)16-17/h17-18H,7-16H2,1-6H3,(H,24,27)(H2,22,23,25). The van der Waals surface area contributed by atoms with Crippen molar-refractivity contribution in [1.29, 1.82) is 0 Å². The number of piperidine rings is 1. The fourth-order valence-electron chi connectivity index (χ4n) is 3.35. The van der Waals surface area contributed by atoms with E-state index in [0.717, 1.165) is 44.9 Å². The summed E-state index contributed by atoms with van der Waals surface area (Å²) < 4.78 is 5.35. The molecule has 0 aromatic carbocycles. The number of hydrogen-bond donors (Lipinski definition) is 3. The largest absolute Gasteiger partial charge is 0.444 e. The number of aliphatic imine (C=N–C) groups is 1. The molecule has 1 fully saturated rings. The predicted molar refractivity (Wildman–Crippen MR) is 117 cm³/mol. The van der Waals surface area contributed by atoms with Gasteiger partial charge in [0.05, 0.1) is 0 Å². The summed E-state index contributed by atoms with van der Waals surface area (Å²) >= 11 is 0. The second-order valence-corrected chi connectivity index (χ2v) is 8.86. The number of amides is 1. The van der Waals surface area contributed by atoms with Gasteiger partial charge in [-0.25, -0.2) is 4.79 Å². The molecule has 7 nitrogen and oxygen atoms in total. The number of hydrogen-bond acceptors (Lipinski definition) is 4. The van der Waals surface area contributed by atoms with E-state index in [1.165, 1.54) is 19.4 Å². The quantitative estimate of drug-likeness (QED) is 0.412. The van der Waals surface area contributed by atoms with Crippen LogP contribution in [0.15, 0.2) is 4.99 Å². The smallest absolute Gasteiger partial charge is 0.407 e. The molecule has 164 valence electrons. The van der Waals surface area contributed by atoms with E-state index in [9.17, 15) is 4.79 Å². The summed E-state index contributed by atoms with van der Waals surface area (Å²) in [7, 11) is 2.18. The Hall–Kier alpha value is -1.50. The van der Waals surface area contributed by atoms with Crippen LogP contribution in [0.5, 0.6) is 0 Å². The number of nitrogens with one attached hydrogen (secondary N) is 3. The van der Waals surface area contributed by atoms with Gasteiger partial charge in [-0.3, -0.25) is 4.99 Å². The first-order valence-electron chi connectivity index (χ1n) is 10.9. The number of likely N-dealkylation sites (tertiary alicyclic amines) is 1. The number of ether oxygens (including phenoxy) is 1. The van der Waals surface area contributed by atoms with Gasteiger partial charge >= 0.3 is 6.09 Å². The summed E-state index contributed by atoms with van der Waals surface area (Å²) in [5.41, 5.74) is -0.486. The second-order valence-electron chi connectivity index (χ2n) is 8.86. The van der Waals surface area contributed by atoms with E-state index < -0.39 is 5.60 Å². The van der Waals surface area contributed by atoms with E-state index in [2.05, 4.69) is 41.7 Å². The van der Waals surface area contributed by atoms with Crippen LogP contribution in [0.4, 0.5) is 4.79 Å². The number of unbranched alkanes of at least 4 members (excludes halogenated alkanes) is 1. The Morgan fingerprint density at radius 3 is 2.64 bits per heavy atom. The first-order chi connectivity index (χ1) is 13.2. The summed E-state index contributed by atoms with van der Waals surface area (Å²) in [6.07, 6.45) is 5.31. The van der Waals surface area contributed by atoms with Crippen LogP contribution in [0.1, 0.15) is 66.7 Å². The van der Waals surface area contributed by atoms with Gasteiger partial charge in [-0.2, -0.15) is 0 Å². The average molecular weight is 398 g/mol. The Kier molecular flexibility index (Phi) is 11.3. The molecular formula is C21H43N5O2. The van der Waals surface area contributed by atoms with Gasteiger partial charge in [0.2, 0.25) is 0 Å². The topological polar surface area (TPSA) is 78.0 Å². The molecule has 1 saturated heterocycles. The zero-order chi connectivity index (χ0) is 21.0. The molecule has 2 unspecified atom stereocenters. The molecule has 0 bridgehead atoms. The zero-order valence-corrected chi connectivity index (χ0v) is 18.9. The van der Waals surface area contributed by atoms with Crippen LogP contribution in [0.3, 0.4) is 0 Å². The molecule has 2 atom stereocenters. The fourth-order valence-corrected chi connectivity index (χ4v) is 3.35. The molecule has 3 N–H and O–H groups in total. The van der Waals surface area contributed by atoms with Crippen molar-refractivity contribution >= 4 is 12.1 Å². The summed E-state index contributed by atoms with van der Waals surface area (Å²) in [6.45, 7) is 14.3. The third kappa shape index (κ3) is 11.4. The molecule has 0 aromatic rings. The van der Waals surface area contributed by atoms with E-state index >= 15 is 0 Å². The lowest BCUT2D eigenvalue weighted by molar-refractivity contribution is 0.0523. The van der Waals surface area contributed by atoms with Gasteiger partial charge in [-0.05, 0) is 66.5 Å². The SMILES string of the molecule is CCCCC(CNC(=O)OC(C)(C)C)NC(=NCC1CCCN(C)C1)NCC. The molecule has 0 aliphatic carbocycles. The first kappa shape index (κ1) is 24.5. The van der Waals surface area contributed by atoms with Crippen LogP contribution < -0.4 is 16.0 Å². The van der Waals surface area contributed by atoms with Crippen molar-refractivity contribution in [2.75, 3.05) is 39.8 Å². The molecule has 0 aromatic heterocycles. The van der Waals surface area contributed by atoms with Gasteiger partial charge in [0.25, 0.3) is 0 Å². The molecule has 0 spiro atoms. The number of alkyl carbamates (subject to hydrolysis) is 1. The van der Waals surface area contributed by atoms with Crippen LogP contribution in [0, 0.1) is 5.92 Å². The summed E-state index contributed by atoms with van der Waals surface area (Å²) in [5.74, 6) is 1.45. The van der Waals surface area contributed by atoms with E-state index in [1.54, 1.807) is 0 Å². The third-order valence-corrected chi connectivity index (χ3v) is 4.71. The van der Waals surface area contributed by atoms with Gasteiger partial charge in [0.15, 0.2) is 5.96 Å². The van der Waals surface area contributed by atoms with Crippen molar-refractivity contribution in [3.63, 3.8) is 0 Å². The van der Waals surface area contributed by atoms with Crippen molar-refractivity contribution in [3.8, 4) is 0 Å². The molecule has 1 amide bonds. The molecule has 1 aliphatic heterocycles. The Balaban J connectivity index is 2.61. The highest BCUT2D eigenvalue weighted by molar-refractivity contribution is 5.80. The van der Waals surface area contributed by atoms with Gasteiger partial charge in [0.1, 0.15) is 5.60 Å². The molecule has 1 aliphatic rings. The first-order valence-corrected chi connectivity index (χ1v) is 10.9. The lowest BCUT2D eigenvalue weighted by Gasteiger charge is -2.29. The molecular weight excluding hydrogens is 354 g/mol. The van der Waals surface area contributed by atoms with Crippen molar-refractivity contribution in [2.45, 2.75) is 78.4 Å². The Labute approximate surface area is 172 Å². The van der Waals surface area contributed by atoms with Gasteiger partial charge in [-0.15, -0.1) is 0 Å². The minimum absolute atomic E-state index is 0.124. The third-order valence-electron chi connectivity index (χ3n) is 4.71. The van der Waals surface area contributed by atoms with Crippen LogP contribution in [0.25, 0.3) is 0 Å². The minimum atomic E-state index is -0.486. The van der Waals surface area contributed by atoms with Crippen LogP contribution >= 0.6 is 0 Å². The molecule has 7 heteroatoms. The molecule has 28 heavy (non-hydrogen) atoms. The van der Waals surface area contributed by atoms with Crippen molar-refractivity contribution in [2.24, 2.45) is 10.9 Å². The van der Waals surface area contributed by atoms with Gasteiger partial charge in [0, 0.05) is 32.2 Å². The Morgan fingerprint density at radius 1 is 1.29 bits per heavy atom. The highest BCUT2D eigenvalue weighted by Gasteiger charge is 2.19. The predicted octanol–water partition coefficient (Wildman–Crippen LogP) is 2.97. The summed E-state index contributed by atoms with van der Waals surface area (Å²) in [4.78, 5) is 19.2. The maximum atomic E-state index is 12.0. The number of guanidine groups is 1. The average Bonchev–Trinajstić information content (AvgIpc) is 2.60. The van der Waals surface area contributed by atoms with Crippen LogP contribution in [-0.2, 0) is 4.74 Å². The highest BCUT2D eigenvalue weighted by atomic mass is 16.6. The molecule has 0 saturated carbocycles.